The van der Waals surface area contributed by atoms with Crippen LogP contribution in [0.2, 0.25) is 0 Å². The van der Waals surface area contributed by atoms with Crippen LogP contribution < -0.4 is 5.32 Å². The molecule has 34 heavy (non-hydrogen) atoms. The molecule has 2 aliphatic heterocycles. The highest BCUT2D eigenvalue weighted by Crippen LogP contribution is 2.40. The van der Waals surface area contributed by atoms with Crippen LogP contribution in [0.25, 0.3) is 11.1 Å². The van der Waals surface area contributed by atoms with Crippen molar-refractivity contribution in [2.75, 3.05) is 0 Å². The summed E-state index contributed by atoms with van der Waals surface area (Å²) >= 11 is 0. The fourth-order valence-corrected chi connectivity index (χ4v) is 5.53. The fraction of sp³-hybridized carbons (Fsp3) is 0.500. The highest BCUT2D eigenvalue weighted by molar-refractivity contribution is 5.70. The molecule has 4 rings (SSSR count). The van der Waals surface area contributed by atoms with Gasteiger partial charge in [-0.15, -0.1) is 0 Å². The van der Waals surface area contributed by atoms with Gasteiger partial charge in [0.05, 0.1) is 5.56 Å². The smallest absolute Gasteiger partial charge is 0.407 e. The summed E-state index contributed by atoms with van der Waals surface area (Å²) in [6.07, 6.45) is 4.68. The molecule has 2 aromatic rings. The molecule has 1 N–H and O–H groups in total. The summed E-state index contributed by atoms with van der Waals surface area (Å²) in [4.78, 5) is 14.9. The van der Waals surface area contributed by atoms with E-state index in [9.17, 15) is 9.18 Å². The molecule has 2 saturated heterocycles. The standard InChI is InChI=1S/C28H34FN3O2/c1-5-7-22-20(8-6-9-23(22)18-10-11-19(16-30)24(29)14-18)17-32-21-12-13-26(32)25(15-21)31-27(33)34-28(2,3)4/h6,8-11,14,21,25-26H,5,7,12-13,15,17H2,1-4H3,(H,31,33)/t21-,25+,26+/m1/s1. The maximum Gasteiger partial charge on any atom is 0.407 e. The number of nitriles is 1. The molecule has 0 radical (unpaired) electrons. The molecule has 2 heterocycles. The summed E-state index contributed by atoms with van der Waals surface area (Å²) in [5.74, 6) is -0.485. The van der Waals surface area contributed by atoms with E-state index in [2.05, 4.69) is 23.2 Å². The molecule has 0 saturated carbocycles. The van der Waals surface area contributed by atoms with Crippen LogP contribution in [0, 0.1) is 17.1 Å². The van der Waals surface area contributed by atoms with Gasteiger partial charge >= 0.3 is 6.09 Å². The largest absolute Gasteiger partial charge is 0.444 e. The number of hydrogen-bond acceptors (Lipinski definition) is 4. The maximum absolute atomic E-state index is 14.4. The van der Waals surface area contributed by atoms with Crippen molar-refractivity contribution in [1.82, 2.24) is 10.2 Å². The summed E-state index contributed by atoms with van der Waals surface area (Å²) < 4.78 is 19.9. The second kappa shape index (κ2) is 9.76. The lowest BCUT2D eigenvalue weighted by Gasteiger charge is -2.27. The van der Waals surface area contributed by atoms with Crippen LogP contribution >= 0.6 is 0 Å². The number of amides is 1. The van der Waals surface area contributed by atoms with Crippen LogP contribution in [0.1, 0.15) is 70.1 Å². The van der Waals surface area contributed by atoms with E-state index >= 15 is 0 Å². The number of benzene rings is 2. The van der Waals surface area contributed by atoms with Gasteiger partial charge in [-0.3, -0.25) is 4.90 Å². The van der Waals surface area contributed by atoms with Crippen molar-refractivity contribution in [1.29, 1.82) is 5.26 Å². The molecule has 2 aliphatic rings. The summed E-state index contributed by atoms with van der Waals surface area (Å²) in [5.41, 5.74) is 3.86. The lowest BCUT2D eigenvalue weighted by atomic mass is 9.91. The number of fused-ring (bicyclic) bond motifs is 2. The third-order valence-corrected chi connectivity index (χ3v) is 6.91. The van der Waals surface area contributed by atoms with Crippen LogP contribution in [0.3, 0.4) is 0 Å². The lowest BCUT2D eigenvalue weighted by molar-refractivity contribution is 0.0491. The molecule has 2 bridgehead atoms. The van der Waals surface area contributed by atoms with Crippen molar-refractivity contribution in [2.24, 2.45) is 0 Å². The van der Waals surface area contributed by atoms with E-state index in [1.807, 2.05) is 45.0 Å². The van der Waals surface area contributed by atoms with Crippen LogP contribution in [-0.2, 0) is 17.7 Å². The van der Waals surface area contributed by atoms with Crippen molar-refractivity contribution < 1.29 is 13.9 Å². The number of halogens is 1. The zero-order chi connectivity index (χ0) is 24.5. The average Bonchev–Trinajstić information content (AvgIpc) is 3.29. The van der Waals surface area contributed by atoms with Gasteiger partial charge in [0.25, 0.3) is 0 Å². The zero-order valence-corrected chi connectivity index (χ0v) is 20.5. The first-order valence-electron chi connectivity index (χ1n) is 12.3. The molecule has 6 heteroatoms. The molecule has 0 spiro atoms. The third-order valence-electron chi connectivity index (χ3n) is 6.91. The number of carbonyl (C=O) groups is 1. The Hall–Kier alpha value is -2.91. The van der Waals surface area contributed by atoms with E-state index < -0.39 is 11.4 Å². The Kier molecular flexibility index (Phi) is 6.95. The lowest BCUT2D eigenvalue weighted by Crippen LogP contribution is -2.45. The summed E-state index contributed by atoms with van der Waals surface area (Å²) in [6.45, 7) is 8.59. The molecule has 0 aromatic heterocycles. The Balaban J connectivity index is 1.56. The van der Waals surface area contributed by atoms with Gasteiger partial charge in [0.15, 0.2) is 0 Å². The van der Waals surface area contributed by atoms with Gasteiger partial charge in [-0.2, -0.15) is 5.26 Å². The molecule has 1 amide bonds. The Morgan fingerprint density at radius 3 is 2.74 bits per heavy atom. The summed E-state index contributed by atoms with van der Waals surface area (Å²) in [5, 5.41) is 12.2. The second-order valence-electron chi connectivity index (χ2n) is 10.5. The van der Waals surface area contributed by atoms with Gasteiger partial charge in [0.2, 0.25) is 0 Å². The van der Waals surface area contributed by atoms with Crippen LogP contribution in [0.5, 0.6) is 0 Å². The van der Waals surface area contributed by atoms with Gasteiger partial charge in [-0.25, -0.2) is 9.18 Å². The Morgan fingerprint density at radius 2 is 2.06 bits per heavy atom. The quantitative estimate of drug-likeness (QED) is 0.575. The topological polar surface area (TPSA) is 65.4 Å². The van der Waals surface area contributed by atoms with E-state index in [4.69, 9.17) is 10.00 Å². The minimum absolute atomic E-state index is 0.0640. The van der Waals surface area contributed by atoms with Gasteiger partial charge in [-0.05, 0) is 80.8 Å². The predicted octanol–water partition coefficient (Wildman–Crippen LogP) is 5.95. The highest BCUT2D eigenvalue weighted by atomic mass is 19.1. The number of nitrogens with zero attached hydrogens (tertiary/aromatic N) is 2. The normalized spacial score (nSPS) is 21.9. The summed E-state index contributed by atoms with van der Waals surface area (Å²) in [6, 6.07) is 13.8. The molecule has 3 atom stereocenters. The number of rotatable bonds is 6. The van der Waals surface area contributed by atoms with Crippen molar-refractivity contribution >= 4 is 6.09 Å². The van der Waals surface area contributed by atoms with E-state index in [1.165, 1.54) is 17.2 Å². The monoisotopic (exact) mass is 463 g/mol. The number of ether oxygens (including phenoxy) is 1. The number of carbonyl (C=O) groups excluding carboxylic acids is 1. The first-order valence-corrected chi connectivity index (χ1v) is 12.3. The molecular formula is C28H34FN3O2. The molecule has 0 aliphatic carbocycles. The van der Waals surface area contributed by atoms with Crippen molar-refractivity contribution in [2.45, 2.75) is 90.1 Å². The van der Waals surface area contributed by atoms with E-state index in [0.29, 0.717) is 12.1 Å². The van der Waals surface area contributed by atoms with Crippen LogP contribution in [0.15, 0.2) is 36.4 Å². The first kappa shape index (κ1) is 24.2. The van der Waals surface area contributed by atoms with Gasteiger partial charge in [-0.1, -0.05) is 37.6 Å². The highest BCUT2D eigenvalue weighted by Gasteiger charge is 2.47. The van der Waals surface area contributed by atoms with Crippen molar-refractivity contribution in [3.05, 3.63) is 58.9 Å². The molecule has 180 valence electrons. The molecule has 0 unspecified atom stereocenters. The van der Waals surface area contributed by atoms with E-state index in [1.54, 1.807) is 6.07 Å². The van der Waals surface area contributed by atoms with E-state index in [-0.39, 0.29) is 17.7 Å². The molecular weight excluding hydrogens is 429 g/mol. The predicted molar refractivity (Wildman–Crippen MR) is 131 cm³/mol. The Labute approximate surface area is 201 Å². The van der Waals surface area contributed by atoms with Crippen molar-refractivity contribution in [3.8, 4) is 17.2 Å². The minimum atomic E-state index is -0.512. The van der Waals surface area contributed by atoms with Gasteiger partial charge < -0.3 is 10.1 Å². The first-order chi connectivity index (χ1) is 16.2. The molecule has 2 aromatic carbocycles. The number of hydrogen-bond donors (Lipinski definition) is 1. The molecule has 5 nitrogen and oxygen atoms in total. The van der Waals surface area contributed by atoms with Crippen molar-refractivity contribution in [3.63, 3.8) is 0 Å². The van der Waals surface area contributed by atoms with Gasteiger partial charge in [0, 0.05) is 24.7 Å². The summed E-state index contributed by atoms with van der Waals surface area (Å²) in [7, 11) is 0. The Bertz CT molecular complexity index is 1100. The van der Waals surface area contributed by atoms with Gasteiger partial charge in [0.1, 0.15) is 17.5 Å². The molecule has 2 fully saturated rings. The van der Waals surface area contributed by atoms with E-state index in [0.717, 1.165) is 49.8 Å². The third kappa shape index (κ3) is 5.10. The SMILES string of the molecule is CCCc1c(CN2[C@@H]3CC[C@H]2[C@@H](NC(=O)OC(C)(C)C)C3)cccc1-c1ccc(C#N)c(F)c1. The Morgan fingerprint density at radius 1 is 1.26 bits per heavy atom. The van der Waals surface area contributed by atoms with Crippen LogP contribution in [-0.4, -0.2) is 34.7 Å². The minimum Gasteiger partial charge on any atom is -0.444 e. The zero-order valence-electron chi connectivity index (χ0n) is 20.5. The maximum atomic E-state index is 14.4. The van der Waals surface area contributed by atoms with Crippen LogP contribution in [0.4, 0.5) is 9.18 Å². The average molecular weight is 464 g/mol. The second-order valence-corrected chi connectivity index (χ2v) is 10.5. The number of nitrogens with one attached hydrogen (secondary N) is 1. The fourth-order valence-electron chi connectivity index (χ4n) is 5.53. The number of alkyl carbamates (subject to hydrolysis) is 1.